The van der Waals surface area contributed by atoms with E-state index < -0.39 is 0 Å². The molecule has 0 N–H and O–H groups in total. The van der Waals surface area contributed by atoms with Gasteiger partial charge in [-0.2, -0.15) is 0 Å². The smallest absolute Gasteiger partial charge is 0.0497 e. The second-order valence-corrected chi connectivity index (χ2v) is 9.36. The zero-order chi connectivity index (χ0) is 15.5. The first-order chi connectivity index (χ1) is 9.65. The monoisotopic (exact) mass is 285 g/mol. The van der Waals surface area contributed by atoms with Gasteiger partial charge in [-0.1, -0.05) is 54.4 Å². The molecule has 0 radical (unpaired) electrons. The Morgan fingerprint density at radius 3 is 2.05 bits per heavy atom. The third-order valence-electron chi connectivity index (χ3n) is 5.65. The van der Waals surface area contributed by atoms with Gasteiger partial charge in [-0.15, -0.1) is 0 Å². The average molecular weight is 285 g/mol. The number of aromatic nitrogens is 1. The van der Waals surface area contributed by atoms with Crippen LogP contribution in [-0.2, 0) is 22.7 Å². The Bertz CT molecular complexity index is 548. The van der Waals surface area contributed by atoms with E-state index in [4.69, 9.17) is 4.98 Å². The topological polar surface area (TPSA) is 12.9 Å². The number of hydrogen-bond donors (Lipinski definition) is 0. The van der Waals surface area contributed by atoms with E-state index in [0.29, 0.717) is 5.41 Å². The van der Waals surface area contributed by atoms with Crippen molar-refractivity contribution in [2.45, 2.75) is 96.3 Å². The maximum Gasteiger partial charge on any atom is 0.0497 e. The summed E-state index contributed by atoms with van der Waals surface area (Å²) < 4.78 is 0. The zero-order valence-electron chi connectivity index (χ0n) is 14.8. The molecule has 1 aromatic rings. The predicted octanol–water partition coefficient (Wildman–Crippen LogP) is 5.43. The fourth-order valence-electron chi connectivity index (χ4n) is 4.64. The lowest BCUT2D eigenvalue weighted by Gasteiger charge is -2.33. The SMILES string of the molecule is CC(C)(C)c1cnc(C(C)(C)C)c2c1CCC21CCCC1. The van der Waals surface area contributed by atoms with Crippen LogP contribution in [0.5, 0.6) is 0 Å². The molecule has 1 saturated carbocycles. The molecule has 3 rings (SSSR count). The quantitative estimate of drug-likeness (QED) is 0.619. The summed E-state index contributed by atoms with van der Waals surface area (Å²) in [7, 11) is 0. The van der Waals surface area contributed by atoms with E-state index in [9.17, 15) is 0 Å². The summed E-state index contributed by atoms with van der Waals surface area (Å²) in [5, 5.41) is 0. The number of hydrogen-bond acceptors (Lipinski definition) is 1. The first-order valence-corrected chi connectivity index (χ1v) is 8.68. The van der Waals surface area contributed by atoms with Crippen molar-refractivity contribution in [1.29, 1.82) is 0 Å². The van der Waals surface area contributed by atoms with Crippen molar-refractivity contribution in [1.82, 2.24) is 4.98 Å². The Hall–Kier alpha value is -0.850. The van der Waals surface area contributed by atoms with Crippen LogP contribution in [0.2, 0.25) is 0 Å². The first kappa shape index (κ1) is 15.1. The Morgan fingerprint density at radius 2 is 1.52 bits per heavy atom. The standard InChI is InChI=1S/C20H31N/c1-18(2,3)15-13-21-17(19(4,5)6)16-14(15)9-12-20(16)10-7-8-11-20/h13H,7-12H2,1-6H3. The van der Waals surface area contributed by atoms with Crippen LogP contribution in [0.25, 0.3) is 0 Å². The van der Waals surface area contributed by atoms with Crippen LogP contribution >= 0.6 is 0 Å². The van der Waals surface area contributed by atoms with Gasteiger partial charge in [-0.3, -0.25) is 4.98 Å². The molecular weight excluding hydrogens is 254 g/mol. The van der Waals surface area contributed by atoms with Crippen molar-refractivity contribution in [2.75, 3.05) is 0 Å². The number of fused-ring (bicyclic) bond motifs is 2. The molecule has 2 aliphatic carbocycles. The van der Waals surface area contributed by atoms with Gasteiger partial charge >= 0.3 is 0 Å². The minimum absolute atomic E-state index is 0.153. The van der Waals surface area contributed by atoms with E-state index in [1.807, 2.05) is 0 Å². The van der Waals surface area contributed by atoms with Crippen molar-refractivity contribution < 1.29 is 0 Å². The Labute approximate surface area is 130 Å². The van der Waals surface area contributed by atoms with Gasteiger partial charge in [-0.25, -0.2) is 0 Å². The molecular formula is C20H31N. The first-order valence-electron chi connectivity index (χ1n) is 8.68. The van der Waals surface area contributed by atoms with Gasteiger partial charge in [0.15, 0.2) is 0 Å². The molecule has 0 aliphatic heterocycles. The Morgan fingerprint density at radius 1 is 0.905 bits per heavy atom. The molecule has 1 spiro atoms. The molecule has 0 atom stereocenters. The van der Waals surface area contributed by atoms with Crippen molar-refractivity contribution in [3.63, 3.8) is 0 Å². The lowest BCUT2D eigenvalue weighted by molar-refractivity contribution is 0.422. The molecule has 0 saturated heterocycles. The molecule has 1 nitrogen and oxygen atoms in total. The number of nitrogens with zero attached hydrogens (tertiary/aromatic N) is 1. The van der Waals surface area contributed by atoms with Gasteiger partial charge in [0.2, 0.25) is 0 Å². The van der Waals surface area contributed by atoms with Gasteiger partial charge in [0.05, 0.1) is 0 Å². The lowest BCUT2D eigenvalue weighted by Crippen LogP contribution is -2.27. The summed E-state index contributed by atoms with van der Waals surface area (Å²) in [6.07, 6.45) is 10.4. The lowest BCUT2D eigenvalue weighted by atomic mass is 9.73. The molecule has 1 aromatic heterocycles. The summed E-state index contributed by atoms with van der Waals surface area (Å²) in [5.74, 6) is 0. The fourth-order valence-corrected chi connectivity index (χ4v) is 4.64. The molecule has 1 heterocycles. The molecule has 1 fully saturated rings. The van der Waals surface area contributed by atoms with Crippen LogP contribution in [0, 0.1) is 0 Å². The number of pyridine rings is 1. The summed E-state index contributed by atoms with van der Waals surface area (Å²) in [6.45, 7) is 14.0. The van der Waals surface area contributed by atoms with E-state index in [0.717, 1.165) is 0 Å². The highest BCUT2D eigenvalue weighted by atomic mass is 14.7. The van der Waals surface area contributed by atoms with Gasteiger partial charge < -0.3 is 0 Å². The highest BCUT2D eigenvalue weighted by Crippen LogP contribution is 2.54. The highest BCUT2D eigenvalue weighted by molar-refractivity contribution is 5.50. The molecule has 2 aliphatic rings. The Balaban J connectivity index is 2.26. The molecule has 1 heteroatoms. The molecule has 0 unspecified atom stereocenters. The summed E-state index contributed by atoms with van der Waals surface area (Å²) in [4.78, 5) is 5.01. The third kappa shape index (κ3) is 2.33. The second kappa shape index (κ2) is 4.57. The second-order valence-electron chi connectivity index (χ2n) is 9.36. The normalized spacial score (nSPS) is 21.0. The minimum Gasteiger partial charge on any atom is -0.260 e. The van der Waals surface area contributed by atoms with Crippen LogP contribution in [-0.4, -0.2) is 4.98 Å². The maximum absolute atomic E-state index is 5.01. The molecule has 21 heavy (non-hydrogen) atoms. The van der Waals surface area contributed by atoms with E-state index in [1.54, 1.807) is 11.1 Å². The van der Waals surface area contributed by atoms with E-state index in [2.05, 4.69) is 47.7 Å². The van der Waals surface area contributed by atoms with Crippen LogP contribution in [0.1, 0.15) is 96.0 Å². The molecule has 0 aromatic carbocycles. The van der Waals surface area contributed by atoms with E-state index in [-0.39, 0.29) is 10.8 Å². The average Bonchev–Trinajstić information content (AvgIpc) is 2.96. The third-order valence-corrected chi connectivity index (χ3v) is 5.65. The summed E-state index contributed by atoms with van der Waals surface area (Å²) in [5.41, 5.74) is 7.02. The van der Waals surface area contributed by atoms with Crippen molar-refractivity contribution in [3.8, 4) is 0 Å². The van der Waals surface area contributed by atoms with Crippen molar-refractivity contribution in [2.24, 2.45) is 0 Å². The van der Waals surface area contributed by atoms with Gasteiger partial charge in [-0.05, 0) is 53.2 Å². The number of rotatable bonds is 0. The Kier molecular flexibility index (Phi) is 3.28. The van der Waals surface area contributed by atoms with Gasteiger partial charge in [0.25, 0.3) is 0 Å². The van der Waals surface area contributed by atoms with Crippen LogP contribution in [0.15, 0.2) is 6.20 Å². The van der Waals surface area contributed by atoms with Crippen LogP contribution in [0.4, 0.5) is 0 Å². The largest absolute Gasteiger partial charge is 0.260 e. The van der Waals surface area contributed by atoms with Crippen molar-refractivity contribution in [3.05, 3.63) is 28.6 Å². The molecule has 0 amide bonds. The predicted molar refractivity (Wildman–Crippen MR) is 90.1 cm³/mol. The maximum atomic E-state index is 5.01. The fraction of sp³-hybridized carbons (Fsp3) is 0.750. The molecule has 0 bridgehead atoms. The minimum atomic E-state index is 0.153. The van der Waals surface area contributed by atoms with Crippen LogP contribution < -0.4 is 0 Å². The summed E-state index contributed by atoms with van der Waals surface area (Å²) in [6, 6.07) is 0. The highest BCUT2D eigenvalue weighted by Gasteiger charge is 2.46. The van der Waals surface area contributed by atoms with E-state index >= 15 is 0 Å². The van der Waals surface area contributed by atoms with Crippen molar-refractivity contribution >= 4 is 0 Å². The zero-order valence-corrected chi connectivity index (χ0v) is 14.8. The van der Waals surface area contributed by atoms with Gasteiger partial charge in [0.1, 0.15) is 0 Å². The van der Waals surface area contributed by atoms with Gasteiger partial charge in [0, 0.05) is 17.3 Å². The summed E-state index contributed by atoms with van der Waals surface area (Å²) >= 11 is 0. The van der Waals surface area contributed by atoms with Crippen LogP contribution in [0.3, 0.4) is 0 Å². The van der Waals surface area contributed by atoms with E-state index in [1.165, 1.54) is 49.8 Å². The molecule has 116 valence electrons.